The summed E-state index contributed by atoms with van der Waals surface area (Å²) < 4.78 is 15.9. The predicted molar refractivity (Wildman–Crippen MR) is 150 cm³/mol. The monoisotopic (exact) mass is 497 g/mol. The lowest BCUT2D eigenvalue weighted by Gasteiger charge is -2.32. The van der Waals surface area contributed by atoms with Gasteiger partial charge in [0, 0.05) is 18.7 Å². The van der Waals surface area contributed by atoms with Crippen LogP contribution in [0.3, 0.4) is 0 Å². The maximum atomic E-state index is 14.1. The second kappa shape index (κ2) is 11.0. The predicted octanol–water partition coefficient (Wildman–Crippen LogP) is 6.86. The molecule has 192 valence electrons. The first-order valence-electron chi connectivity index (χ1n) is 13.6. The largest absolute Gasteiger partial charge is 0.303 e. The molecule has 4 nitrogen and oxygen atoms in total. The van der Waals surface area contributed by atoms with Crippen LogP contribution in [0.4, 0.5) is 4.39 Å². The van der Waals surface area contributed by atoms with Crippen molar-refractivity contribution in [2.24, 2.45) is 5.92 Å². The Morgan fingerprint density at radius 2 is 1.73 bits per heavy atom. The van der Waals surface area contributed by atoms with Crippen LogP contribution in [0.15, 0.2) is 65.5 Å². The molecular weight excluding hydrogens is 461 g/mol. The van der Waals surface area contributed by atoms with Crippen LogP contribution in [0, 0.1) is 18.7 Å². The van der Waals surface area contributed by atoms with E-state index in [2.05, 4.69) is 43.0 Å². The number of halogens is 1. The summed E-state index contributed by atoms with van der Waals surface area (Å²) in [6.45, 7) is 9.85. The summed E-state index contributed by atoms with van der Waals surface area (Å²) in [7, 11) is 0. The Morgan fingerprint density at radius 3 is 2.46 bits per heavy atom. The zero-order chi connectivity index (χ0) is 25.9. The third kappa shape index (κ3) is 5.37. The summed E-state index contributed by atoms with van der Waals surface area (Å²) in [6.07, 6.45) is 4.41. The molecule has 1 unspecified atom stereocenters. The molecule has 0 aliphatic carbocycles. The zero-order valence-corrected chi connectivity index (χ0v) is 22.1. The molecule has 0 N–H and O–H groups in total. The van der Waals surface area contributed by atoms with Gasteiger partial charge in [-0.3, -0.25) is 9.36 Å². The van der Waals surface area contributed by atoms with E-state index in [1.807, 2.05) is 22.8 Å². The summed E-state index contributed by atoms with van der Waals surface area (Å²) in [5.74, 6) is 0.741. The van der Waals surface area contributed by atoms with Gasteiger partial charge < -0.3 is 4.90 Å². The quantitative estimate of drug-likeness (QED) is 0.280. The molecule has 1 saturated heterocycles. The standard InChI is InChI=1S/C32H36FN3O/c1-4-7-23-9-11-25(12-10-23)26-14-16-30-28(19-26)32(37)36(21-24-8-6-17-35(5-2)20-24)31(34-30)27-13-15-29(33)22(3)18-27/h9-16,18-19,24H,4-8,17,20-21H2,1-3H3. The molecule has 1 aliphatic heterocycles. The summed E-state index contributed by atoms with van der Waals surface area (Å²) in [4.78, 5) is 21.5. The van der Waals surface area contributed by atoms with Crippen LogP contribution >= 0.6 is 0 Å². The fourth-order valence-corrected chi connectivity index (χ4v) is 5.57. The van der Waals surface area contributed by atoms with Crippen LogP contribution in [0.25, 0.3) is 33.4 Å². The Hall–Kier alpha value is -3.31. The Balaban J connectivity index is 1.61. The summed E-state index contributed by atoms with van der Waals surface area (Å²) in [6, 6.07) is 19.6. The van der Waals surface area contributed by atoms with Crippen molar-refractivity contribution in [2.45, 2.75) is 53.0 Å². The molecule has 3 aromatic carbocycles. The minimum atomic E-state index is -0.251. The number of hydrogen-bond acceptors (Lipinski definition) is 3. The zero-order valence-electron chi connectivity index (χ0n) is 22.1. The van der Waals surface area contributed by atoms with Crippen molar-refractivity contribution in [1.29, 1.82) is 0 Å². The van der Waals surface area contributed by atoms with Crippen LogP contribution < -0.4 is 5.56 Å². The molecule has 4 aromatic rings. The van der Waals surface area contributed by atoms with Crippen molar-refractivity contribution in [3.05, 3.63) is 88.0 Å². The van der Waals surface area contributed by atoms with Crippen molar-refractivity contribution < 1.29 is 4.39 Å². The smallest absolute Gasteiger partial charge is 0.261 e. The van der Waals surface area contributed by atoms with Crippen LogP contribution in [-0.4, -0.2) is 34.1 Å². The molecule has 0 bridgehead atoms. The van der Waals surface area contributed by atoms with Crippen LogP contribution in [0.2, 0.25) is 0 Å². The van der Waals surface area contributed by atoms with E-state index in [-0.39, 0.29) is 11.4 Å². The maximum Gasteiger partial charge on any atom is 0.261 e. The minimum Gasteiger partial charge on any atom is -0.303 e. The van der Waals surface area contributed by atoms with Gasteiger partial charge in [-0.05, 0) is 97.8 Å². The number of fused-ring (bicyclic) bond motifs is 1. The van der Waals surface area contributed by atoms with Gasteiger partial charge >= 0.3 is 0 Å². The lowest BCUT2D eigenvalue weighted by Crippen LogP contribution is -2.38. The number of aryl methyl sites for hydroxylation is 2. The molecule has 0 amide bonds. The summed E-state index contributed by atoms with van der Waals surface area (Å²) in [5.41, 5.74) is 5.40. The van der Waals surface area contributed by atoms with E-state index in [1.165, 1.54) is 11.6 Å². The van der Waals surface area contributed by atoms with Crippen molar-refractivity contribution in [2.75, 3.05) is 19.6 Å². The van der Waals surface area contributed by atoms with E-state index in [0.29, 0.717) is 34.8 Å². The molecule has 1 aromatic heterocycles. The van der Waals surface area contributed by atoms with Crippen molar-refractivity contribution in [3.8, 4) is 22.5 Å². The van der Waals surface area contributed by atoms with E-state index in [1.54, 1.807) is 19.1 Å². The van der Waals surface area contributed by atoms with Gasteiger partial charge in [-0.2, -0.15) is 0 Å². The number of likely N-dealkylation sites (tertiary alicyclic amines) is 1. The Labute approximate surface area is 218 Å². The molecule has 2 heterocycles. The fraction of sp³-hybridized carbons (Fsp3) is 0.375. The molecule has 1 fully saturated rings. The number of nitrogens with zero attached hydrogens (tertiary/aromatic N) is 3. The molecule has 5 rings (SSSR count). The van der Waals surface area contributed by atoms with Gasteiger partial charge in [0.05, 0.1) is 10.9 Å². The van der Waals surface area contributed by atoms with Gasteiger partial charge in [0.25, 0.3) is 5.56 Å². The SMILES string of the molecule is CCCc1ccc(-c2ccc3nc(-c4ccc(F)c(C)c4)n(CC4CCCN(CC)C4)c(=O)c3c2)cc1. The number of piperidine rings is 1. The van der Waals surface area contributed by atoms with E-state index in [4.69, 9.17) is 4.98 Å². The first-order valence-corrected chi connectivity index (χ1v) is 13.6. The minimum absolute atomic E-state index is 0.0277. The highest BCUT2D eigenvalue weighted by atomic mass is 19.1. The van der Waals surface area contributed by atoms with Crippen LogP contribution in [0.5, 0.6) is 0 Å². The molecule has 5 heteroatoms. The highest BCUT2D eigenvalue weighted by Gasteiger charge is 2.22. The van der Waals surface area contributed by atoms with Crippen molar-refractivity contribution >= 4 is 10.9 Å². The van der Waals surface area contributed by atoms with E-state index in [0.717, 1.165) is 62.0 Å². The highest BCUT2D eigenvalue weighted by molar-refractivity contribution is 5.85. The van der Waals surface area contributed by atoms with Gasteiger partial charge in [0.2, 0.25) is 0 Å². The third-order valence-electron chi connectivity index (χ3n) is 7.69. The Bertz CT molecular complexity index is 1460. The van der Waals surface area contributed by atoms with Crippen LogP contribution in [0.1, 0.15) is 44.2 Å². The van der Waals surface area contributed by atoms with E-state index >= 15 is 0 Å². The average molecular weight is 498 g/mol. The maximum absolute atomic E-state index is 14.1. The number of hydrogen-bond donors (Lipinski definition) is 0. The van der Waals surface area contributed by atoms with Gasteiger partial charge in [-0.15, -0.1) is 0 Å². The lowest BCUT2D eigenvalue weighted by molar-refractivity contribution is 0.169. The molecule has 0 saturated carbocycles. The average Bonchev–Trinajstić information content (AvgIpc) is 2.92. The van der Waals surface area contributed by atoms with Crippen molar-refractivity contribution in [1.82, 2.24) is 14.5 Å². The summed E-state index contributed by atoms with van der Waals surface area (Å²) in [5, 5.41) is 0.626. The topological polar surface area (TPSA) is 38.1 Å². The highest BCUT2D eigenvalue weighted by Crippen LogP contribution is 2.27. The normalized spacial score (nSPS) is 16.4. The van der Waals surface area contributed by atoms with Gasteiger partial charge in [0.15, 0.2) is 0 Å². The third-order valence-corrected chi connectivity index (χ3v) is 7.69. The first kappa shape index (κ1) is 25.3. The second-order valence-electron chi connectivity index (χ2n) is 10.4. The first-order chi connectivity index (χ1) is 18.0. The van der Waals surface area contributed by atoms with Gasteiger partial charge in [0.1, 0.15) is 11.6 Å². The Kier molecular flexibility index (Phi) is 7.52. The molecule has 37 heavy (non-hydrogen) atoms. The number of rotatable bonds is 7. The molecule has 0 radical (unpaired) electrons. The van der Waals surface area contributed by atoms with E-state index in [9.17, 15) is 9.18 Å². The van der Waals surface area contributed by atoms with Gasteiger partial charge in [-0.25, -0.2) is 9.37 Å². The second-order valence-corrected chi connectivity index (χ2v) is 10.4. The molecule has 0 spiro atoms. The van der Waals surface area contributed by atoms with Crippen molar-refractivity contribution in [3.63, 3.8) is 0 Å². The molecular formula is C32H36FN3O. The summed E-state index contributed by atoms with van der Waals surface area (Å²) >= 11 is 0. The molecule has 1 atom stereocenters. The van der Waals surface area contributed by atoms with Gasteiger partial charge in [-0.1, -0.05) is 50.6 Å². The fourth-order valence-electron chi connectivity index (χ4n) is 5.57. The molecule has 1 aliphatic rings. The Morgan fingerprint density at radius 1 is 0.973 bits per heavy atom. The lowest BCUT2D eigenvalue weighted by atomic mass is 9.97. The number of aromatic nitrogens is 2. The van der Waals surface area contributed by atoms with Crippen LogP contribution in [-0.2, 0) is 13.0 Å². The number of benzene rings is 3. The van der Waals surface area contributed by atoms with E-state index < -0.39 is 0 Å².